The normalized spacial score (nSPS) is 23.1. The first-order valence-electron chi connectivity index (χ1n) is 8.25. The monoisotopic (exact) mass is 274 g/mol. The Labute approximate surface area is 124 Å². The van der Waals surface area contributed by atoms with Crippen LogP contribution in [0.25, 0.3) is 0 Å². The SMILES string of the molecule is CCCNC1CCCCC1CN(C)Cc1ccccc1. The lowest BCUT2D eigenvalue weighted by molar-refractivity contribution is 0.185. The fraction of sp³-hybridized carbons (Fsp3) is 0.667. The minimum absolute atomic E-state index is 0.738. The van der Waals surface area contributed by atoms with E-state index in [1.807, 2.05) is 0 Å². The van der Waals surface area contributed by atoms with Gasteiger partial charge in [0, 0.05) is 19.1 Å². The van der Waals surface area contributed by atoms with Gasteiger partial charge in [0.1, 0.15) is 0 Å². The molecule has 1 aromatic rings. The van der Waals surface area contributed by atoms with Crippen LogP contribution in [0.4, 0.5) is 0 Å². The molecule has 0 amide bonds. The lowest BCUT2D eigenvalue weighted by Gasteiger charge is -2.35. The summed E-state index contributed by atoms with van der Waals surface area (Å²) >= 11 is 0. The third-order valence-electron chi connectivity index (χ3n) is 4.41. The maximum absolute atomic E-state index is 3.76. The van der Waals surface area contributed by atoms with E-state index in [9.17, 15) is 0 Å². The molecule has 1 saturated carbocycles. The molecule has 2 rings (SSSR count). The standard InChI is InChI=1S/C18H30N2/c1-3-13-19-18-12-8-7-11-17(18)15-20(2)14-16-9-5-4-6-10-16/h4-6,9-10,17-19H,3,7-8,11-15H2,1-2H3. The van der Waals surface area contributed by atoms with Crippen molar-refractivity contribution in [3.8, 4) is 0 Å². The van der Waals surface area contributed by atoms with E-state index in [4.69, 9.17) is 0 Å². The Balaban J connectivity index is 1.83. The number of hydrogen-bond donors (Lipinski definition) is 1. The quantitative estimate of drug-likeness (QED) is 0.816. The van der Waals surface area contributed by atoms with Gasteiger partial charge in [-0.3, -0.25) is 0 Å². The van der Waals surface area contributed by atoms with Crippen molar-refractivity contribution in [2.24, 2.45) is 5.92 Å². The van der Waals surface area contributed by atoms with Crippen LogP contribution in [-0.4, -0.2) is 31.1 Å². The molecule has 0 aromatic heterocycles. The average molecular weight is 274 g/mol. The molecule has 1 N–H and O–H groups in total. The topological polar surface area (TPSA) is 15.3 Å². The van der Waals surface area contributed by atoms with Crippen molar-refractivity contribution < 1.29 is 0 Å². The molecule has 0 bridgehead atoms. The number of nitrogens with zero attached hydrogens (tertiary/aromatic N) is 1. The van der Waals surface area contributed by atoms with Gasteiger partial charge in [0.05, 0.1) is 0 Å². The Morgan fingerprint density at radius 2 is 1.90 bits per heavy atom. The highest BCUT2D eigenvalue weighted by Crippen LogP contribution is 2.25. The molecule has 0 spiro atoms. The smallest absolute Gasteiger partial charge is 0.0230 e. The molecule has 1 fully saturated rings. The van der Waals surface area contributed by atoms with Crippen molar-refractivity contribution in [2.75, 3.05) is 20.1 Å². The maximum Gasteiger partial charge on any atom is 0.0230 e. The first kappa shape index (κ1) is 15.5. The first-order valence-corrected chi connectivity index (χ1v) is 8.25. The highest BCUT2D eigenvalue weighted by atomic mass is 15.1. The molecule has 2 heteroatoms. The van der Waals surface area contributed by atoms with Crippen molar-refractivity contribution in [1.82, 2.24) is 10.2 Å². The zero-order valence-corrected chi connectivity index (χ0v) is 13.1. The van der Waals surface area contributed by atoms with Gasteiger partial charge in [0.2, 0.25) is 0 Å². The molecule has 1 aliphatic carbocycles. The van der Waals surface area contributed by atoms with Gasteiger partial charge in [0.25, 0.3) is 0 Å². The van der Waals surface area contributed by atoms with E-state index in [0.29, 0.717) is 0 Å². The van der Waals surface area contributed by atoms with E-state index < -0.39 is 0 Å². The van der Waals surface area contributed by atoms with Crippen LogP contribution in [0.15, 0.2) is 30.3 Å². The van der Waals surface area contributed by atoms with Gasteiger partial charge in [-0.2, -0.15) is 0 Å². The van der Waals surface area contributed by atoms with Gasteiger partial charge >= 0.3 is 0 Å². The fourth-order valence-corrected chi connectivity index (χ4v) is 3.38. The van der Waals surface area contributed by atoms with Crippen LogP contribution >= 0.6 is 0 Å². The van der Waals surface area contributed by atoms with Crippen LogP contribution < -0.4 is 5.32 Å². The maximum atomic E-state index is 3.76. The van der Waals surface area contributed by atoms with Gasteiger partial charge in [0.15, 0.2) is 0 Å². The molecule has 0 saturated heterocycles. The van der Waals surface area contributed by atoms with Crippen molar-refractivity contribution in [2.45, 2.75) is 51.6 Å². The molecule has 0 aliphatic heterocycles. The van der Waals surface area contributed by atoms with Crippen LogP contribution in [0.3, 0.4) is 0 Å². The summed E-state index contributed by atoms with van der Waals surface area (Å²) in [6.45, 7) is 5.71. The third-order valence-corrected chi connectivity index (χ3v) is 4.41. The van der Waals surface area contributed by atoms with Gasteiger partial charge in [-0.15, -0.1) is 0 Å². The Morgan fingerprint density at radius 3 is 2.65 bits per heavy atom. The molecular formula is C18H30N2. The van der Waals surface area contributed by atoms with Crippen LogP contribution in [0.2, 0.25) is 0 Å². The van der Waals surface area contributed by atoms with E-state index >= 15 is 0 Å². The Bertz CT molecular complexity index is 363. The highest BCUT2D eigenvalue weighted by Gasteiger charge is 2.25. The highest BCUT2D eigenvalue weighted by molar-refractivity contribution is 5.14. The lowest BCUT2D eigenvalue weighted by Crippen LogP contribution is -2.43. The molecule has 20 heavy (non-hydrogen) atoms. The van der Waals surface area contributed by atoms with Crippen LogP contribution in [-0.2, 0) is 6.54 Å². The summed E-state index contributed by atoms with van der Waals surface area (Å²) in [5.41, 5.74) is 1.42. The van der Waals surface area contributed by atoms with Crippen molar-refractivity contribution in [1.29, 1.82) is 0 Å². The minimum atomic E-state index is 0.738. The second-order valence-electron chi connectivity index (χ2n) is 6.29. The van der Waals surface area contributed by atoms with Crippen molar-refractivity contribution in [3.05, 3.63) is 35.9 Å². The predicted molar refractivity (Wildman–Crippen MR) is 86.8 cm³/mol. The molecule has 0 radical (unpaired) electrons. The third kappa shape index (κ3) is 4.92. The van der Waals surface area contributed by atoms with E-state index in [0.717, 1.165) is 18.5 Å². The first-order chi connectivity index (χ1) is 9.79. The average Bonchev–Trinajstić information content (AvgIpc) is 2.47. The number of rotatable bonds is 7. The number of nitrogens with one attached hydrogen (secondary N) is 1. The Morgan fingerprint density at radius 1 is 1.15 bits per heavy atom. The molecule has 1 aliphatic rings. The molecule has 2 atom stereocenters. The molecule has 112 valence electrons. The van der Waals surface area contributed by atoms with E-state index in [1.165, 1.54) is 50.8 Å². The summed E-state index contributed by atoms with van der Waals surface area (Å²) in [7, 11) is 2.26. The minimum Gasteiger partial charge on any atom is -0.314 e. The molecular weight excluding hydrogens is 244 g/mol. The molecule has 2 unspecified atom stereocenters. The van der Waals surface area contributed by atoms with Crippen LogP contribution in [0.1, 0.15) is 44.6 Å². The summed E-state index contributed by atoms with van der Waals surface area (Å²) < 4.78 is 0. The summed E-state index contributed by atoms with van der Waals surface area (Å²) in [5, 5.41) is 3.76. The zero-order valence-electron chi connectivity index (χ0n) is 13.1. The second kappa shape index (κ2) is 8.43. The van der Waals surface area contributed by atoms with E-state index in [-0.39, 0.29) is 0 Å². The number of hydrogen-bond acceptors (Lipinski definition) is 2. The van der Waals surface area contributed by atoms with Gasteiger partial charge < -0.3 is 10.2 Å². The lowest BCUT2D eigenvalue weighted by atomic mass is 9.84. The van der Waals surface area contributed by atoms with E-state index in [2.05, 4.69) is 54.5 Å². The van der Waals surface area contributed by atoms with Crippen LogP contribution in [0, 0.1) is 5.92 Å². The predicted octanol–water partition coefficient (Wildman–Crippen LogP) is 3.68. The van der Waals surface area contributed by atoms with Crippen molar-refractivity contribution >= 4 is 0 Å². The van der Waals surface area contributed by atoms with E-state index in [1.54, 1.807) is 0 Å². The molecule has 2 nitrogen and oxygen atoms in total. The Hall–Kier alpha value is -0.860. The largest absolute Gasteiger partial charge is 0.314 e. The van der Waals surface area contributed by atoms with Crippen LogP contribution in [0.5, 0.6) is 0 Å². The summed E-state index contributed by atoms with van der Waals surface area (Å²) in [6.07, 6.45) is 6.81. The van der Waals surface area contributed by atoms with Gasteiger partial charge in [-0.25, -0.2) is 0 Å². The number of benzene rings is 1. The van der Waals surface area contributed by atoms with Crippen molar-refractivity contribution in [3.63, 3.8) is 0 Å². The van der Waals surface area contributed by atoms with Gasteiger partial charge in [-0.05, 0) is 44.3 Å². The summed E-state index contributed by atoms with van der Waals surface area (Å²) in [5.74, 6) is 0.823. The summed E-state index contributed by atoms with van der Waals surface area (Å²) in [6, 6.07) is 11.6. The molecule has 1 aromatic carbocycles. The second-order valence-corrected chi connectivity index (χ2v) is 6.29. The Kier molecular flexibility index (Phi) is 6.55. The van der Waals surface area contributed by atoms with Gasteiger partial charge in [-0.1, -0.05) is 50.1 Å². The summed E-state index contributed by atoms with van der Waals surface area (Å²) in [4.78, 5) is 2.49. The molecule has 0 heterocycles. The fourth-order valence-electron chi connectivity index (χ4n) is 3.38. The zero-order chi connectivity index (χ0) is 14.2.